The monoisotopic (exact) mass is 304 g/mol. The Morgan fingerprint density at radius 3 is 2.27 bits per heavy atom. The summed E-state index contributed by atoms with van der Waals surface area (Å²) in [7, 11) is 1.82. The molecule has 5 heteroatoms. The summed E-state index contributed by atoms with van der Waals surface area (Å²) in [5.41, 5.74) is 6.11. The van der Waals surface area contributed by atoms with Crippen molar-refractivity contribution in [3.63, 3.8) is 0 Å². The normalized spacial score (nSPS) is 22.7. The highest BCUT2D eigenvalue weighted by Gasteiger charge is 2.51. The summed E-state index contributed by atoms with van der Waals surface area (Å²) in [5, 5.41) is 0. The number of amides is 2. The van der Waals surface area contributed by atoms with Gasteiger partial charge in [-0.2, -0.15) is 0 Å². The molecule has 2 rings (SSSR count). The molecule has 1 aromatic carbocycles. The molecule has 1 aliphatic carbocycles. The van der Waals surface area contributed by atoms with Gasteiger partial charge in [0.2, 0.25) is 5.91 Å². The zero-order chi connectivity index (χ0) is 16.5. The fraction of sp³-hybridized carbons (Fsp3) is 0.529. The van der Waals surface area contributed by atoms with Crippen LogP contribution in [0.4, 0.5) is 0 Å². The van der Waals surface area contributed by atoms with E-state index in [1.54, 1.807) is 29.2 Å². The van der Waals surface area contributed by atoms with E-state index in [1.165, 1.54) is 0 Å². The summed E-state index contributed by atoms with van der Waals surface area (Å²) >= 11 is 0. The van der Waals surface area contributed by atoms with E-state index in [9.17, 15) is 9.59 Å². The first-order chi connectivity index (χ1) is 10.3. The summed E-state index contributed by atoms with van der Waals surface area (Å²) in [6.07, 6.45) is 1.04. The molecule has 22 heavy (non-hydrogen) atoms. The van der Waals surface area contributed by atoms with Gasteiger partial charge in [-0.3, -0.25) is 9.59 Å². The van der Waals surface area contributed by atoms with Gasteiger partial charge in [-0.05, 0) is 37.6 Å². The molecular formula is C17H24N2O3. The molecule has 1 aromatic rings. The fourth-order valence-electron chi connectivity index (χ4n) is 3.13. The van der Waals surface area contributed by atoms with E-state index >= 15 is 0 Å². The van der Waals surface area contributed by atoms with Crippen molar-refractivity contribution in [3.05, 3.63) is 35.4 Å². The van der Waals surface area contributed by atoms with E-state index in [-0.39, 0.29) is 23.5 Å². The van der Waals surface area contributed by atoms with Gasteiger partial charge in [-0.1, -0.05) is 13.8 Å². The smallest absolute Gasteiger partial charge is 0.253 e. The molecule has 0 bridgehead atoms. The van der Waals surface area contributed by atoms with Gasteiger partial charge in [0.05, 0.1) is 6.10 Å². The van der Waals surface area contributed by atoms with Crippen molar-refractivity contribution in [3.8, 4) is 0 Å². The Labute approximate surface area is 131 Å². The zero-order valence-electron chi connectivity index (χ0n) is 13.6. The number of carbonyl (C=O) groups excluding carboxylic acids is 2. The Balaban J connectivity index is 2.08. The number of carbonyl (C=O) groups is 2. The molecule has 120 valence electrons. The molecule has 0 radical (unpaired) electrons. The number of ether oxygens (including phenoxy) is 1. The van der Waals surface area contributed by atoms with Gasteiger partial charge >= 0.3 is 0 Å². The first-order valence-electron chi connectivity index (χ1n) is 7.57. The molecule has 2 N–H and O–H groups in total. The van der Waals surface area contributed by atoms with Crippen LogP contribution in [0.1, 0.15) is 47.9 Å². The predicted octanol–water partition coefficient (Wildman–Crippen LogP) is 2.06. The van der Waals surface area contributed by atoms with E-state index < -0.39 is 5.91 Å². The van der Waals surface area contributed by atoms with Crippen molar-refractivity contribution in [1.29, 1.82) is 0 Å². The lowest BCUT2D eigenvalue weighted by atomic mass is 9.63. The predicted molar refractivity (Wildman–Crippen MR) is 84.7 cm³/mol. The average molecular weight is 304 g/mol. The summed E-state index contributed by atoms with van der Waals surface area (Å²) < 4.78 is 5.71. The van der Waals surface area contributed by atoms with Gasteiger partial charge < -0.3 is 15.4 Å². The van der Waals surface area contributed by atoms with Crippen LogP contribution in [0.15, 0.2) is 24.3 Å². The number of hydrogen-bond donors (Lipinski definition) is 1. The van der Waals surface area contributed by atoms with Crippen LogP contribution in [0.25, 0.3) is 0 Å². The maximum atomic E-state index is 12.6. The Kier molecular flexibility index (Phi) is 4.56. The Bertz CT molecular complexity index is 566. The zero-order valence-corrected chi connectivity index (χ0v) is 13.6. The van der Waals surface area contributed by atoms with Gasteiger partial charge in [0.25, 0.3) is 5.91 Å². The lowest BCUT2D eigenvalue weighted by Gasteiger charge is -2.54. The number of hydrogen-bond acceptors (Lipinski definition) is 3. The van der Waals surface area contributed by atoms with Crippen LogP contribution in [0, 0.1) is 5.41 Å². The van der Waals surface area contributed by atoms with Gasteiger partial charge in [-0.15, -0.1) is 0 Å². The second kappa shape index (κ2) is 6.08. The van der Waals surface area contributed by atoms with Crippen LogP contribution in [0.3, 0.4) is 0 Å². The summed E-state index contributed by atoms with van der Waals surface area (Å²) in [4.78, 5) is 25.4. The van der Waals surface area contributed by atoms with Crippen molar-refractivity contribution in [1.82, 2.24) is 4.90 Å². The molecule has 1 fully saturated rings. The summed E-state index contributed by atoms with van der Waals surface area (Å²) in [6, 6.07) is 6.60. The maximum absolute atomic E-state index is 12.6. The molecule has 1 aliphatic rings. The third-order valence-electron chi connectivity index (χ3n) is 4.70. The third-order valence-corrected chi connectivity index (χ3v) is 4.70. The molecule has 0 aromatic heterocycles. The molecule has 5 nitrogen and oxygen atoms in total. The molecule has 2 atom stereocenters. The van der Waals surface area contributed by atoms with Crippen molar-refractivity contribution in [2.45, 2.75) is 39.3 Å². The van der Waals surface area contributed by atoms with Gasteiger partial charge in [0.1, 0.15) is 0 Å². The lowest BCUT2D eigenvalue weighted by molar-refractivity contribution is -0.136. The van der Waals surface area contributed by atoms with Crippen LogP contribution < -0.4 is 5.73 Å². The number of primary amides is 1. The van der Waals surface area contributed by atoms with E-state index in [4.69, 9.17) is 10.5 Å². The molecule has 2 unspecified atom stereocenters. The number of nitrogens with two attached hydrogens (primary N) is 1. The highest BCUT2D eigenvalue weighted by Crippen LogP contribution is 2.45. The largest absolute Gasteiger partial charge is 0.378 e. The van der Waals surface area contributed by atoms with E-state index in [1.807, 2.05) is 14.0 Å². The number of rotatable bonds is 5. The van der Waals surface area contributed by atoms with E-state index in [2.05, 4.69) is 13.8 Å². The number of nitrogens with zero attached hydrogens (tertiary/aromatic N) is 1. The lowest BCUT2D eigenvalue weighted by Crippen LogP contribution is -2.62. The molecule has 0 spiro atoms. The second-order valence-corrected chi connectivity index (χ2v) is 6.37. The first-order valence-corrected chi connectivity index (χ1v) is 7.57. The van der Waals surface area contributed by atoms with Crippen LogP contribution in [-0.2, 0) is 4.74 Å². The van der Waals surface area contributed by atoms with Gasteiger partial charge in [-0.25, -0.2) is 0 Å². The number of benzene rings is 1. The highest BCUT2D eigenvalue weighted by molar-refractivity contribution is 5.97. The minimum atomic E-state index is -0.493. The fourth-order valence-corrected chi connectivity index (χ4v) is 3.13. The van der Waals surface area contributed by atoms with Gasteiger partial charge in [0, 0.05) is 36.2 Å². The molecule has 0 aliphatic heterocycles. The third kappa shape index (κ3) is 2.86. The van der Waals surface area contributed by atoms with E-state index in [0.717, 1.165) is 6.42 Å². The second-order valence-electron chi connectivity index (χ2n) is 6.37. The highest BCUT2D eigenvalue weighted by atomic mass is 16.5. The molecule has 2 amide bonds. The molecular weight excluding hydrogens is 280 g/mol. The molecule has 0 saturated heterocycles. The van der Waals surface area contributed by atoms with Crippen LogP contribution in [0.2, 0.25) is 0 Å². The van der Waals surface area contributed by atoms with Crippen molar-refractivity contribution in [2.24, 2.45) is 11.1 Å². The van der Waals surface area contributed by atoms with Crippen molar-refractivity contribution < 1.29 is 14.3 Å². The maximum Gasteiger partial charge on any atom is 0.253 e. The van der Waals surface area contributed by atoms with Gasteiger partial charge in [0.15, 0.2) is 0 Å². The Morgan fingerprint density at radius 1 is 1.27 bits per heavy atom. The van der Waals surface area contributed by atoms with Crippen LogP contribution >= 0.6 is 0 Å². The quantitative estimate of drug-likeness (QED) is 0.905. The first kappa shape index (κ1) is 16.5. The minimum absolute atomic E-state index is 0.0518. The van der Waals surface area contributed by atoms with Crippen LogP contribution in [-0.4, -0.2) is 42.5 Å². The molecule has 1 saturated carbocycles. The van der Waals surface area contributed by atoms with Crippen molar-refractivity contribution in [2.75, 3.05) is 13.7 Å². The summed E-state index contributed by atoms with van der Waals surface area (Å²) in [6.45, 7) is 6.93. The van der Waals surface area contributed by atoms with Crippen molar-refractivity contribution >= 4 is 11.8 Å². The molecule has 0 heterocycles. The average Bonchev–Trinajstić information content (AvgIpc) is 2.49. The summed E-state index contributed by atoms with van der Waals surface area (Å²) in [5.74, 6) is -0.545. The minimum Gasteiger partial charge on any atom is -0.378 e. The van der Waals surface area contributed by atoms with Crippen LogP contribution in [0.5, 0.6) is 0 Å². The topological polar surface area (TPSA) is 72.6 Å². The standard InChI is InChI=1S/C17H24N2O3/c1-5-22-14-10-13(17(14,2)3)19(4)16(21)12-8-6-11(7-9-12)15(18)20/h6-9,13-14H,5,10H2,1-4H3,(H2,18,20). The Morgan fingerprint density at radius 2 is 1.82 bits per heavy atom. The Hall–Kier alpha value is -1.88. The van der Waals surface area contributed by atoms with E-state index in [0.29, 0.717) is 17.7 Å². The SMILES string of the molecule is CCOC1CC(N(C)C(=O)c2ccc(C(N)=O)cc2)C1(C)C.